The molecule has 1 atom stereocenters. The molecule has 0 fully saturated rings. The molecular weight excluding hydrogens is 837 g/mol. The van der Waals surface area contributed by atoms with Crippen molar-refractivity contribution >= 4 is 11.9 Å². The van der Waals surface area contributed by atoms with Crippen molar-refractivity contribution in [2.45, 2.75) is 245 Å². The number of rotatable bonds is 50. The zero-order chi connectivity index (χ0) is 49.2. The van der Waals surface area contributed by atoms with Gasteiger partial charge in [0.15, 0.2) is 6.10 Å². The van der Waals surface area contributed by atoms with Gasteiger partial charge in [-0.2, -0.15) is 0 Å². The standard InChI is InChI=1S/C63H104O5/c1-4-7-10-13-16-19-22-25-28-31-34-37-40-43-46-49-52-55-58-66-59-61(68-63(65)57-54-51-48-45-42-39-36-33-30-27-24-21-18-15-12-9-6-3)60-67-62(64)56-53-50-47-44-41-38-35-32-29-26-23-20-17-14-11-8-5-2/h7-12,16-21,25-30,34,37,61H,4-6,13-15,22-24,31-33,35-36,38-60H2,1-3H3/b10-7-,11-8-,12-9-,19-16-,20-17-,21-18-,28-25-,29-26-,30-27-,37-34-. The quantitative estimate of drug-likeness (QED) is 0.0345. The highest BCUT2D eigenvalue weighted by atomic mass is 16.6. The van der Waals surface area contributed by atoms with Crippen LogP contribution in [0.2, 0.25) is 0 Å². The number of ether oxygens (including phenoxy) is 3. The van der Waals surface area contributed by atoms with Gasteiger partial charge in [-0.1, -0.05) is 226 Å². The van der Waals surface area contributed by atoms with Crippen LogP contribution in [0.15, 0.2) is 122 Å². The summed E-state index contributed by atoms with van der Waals surface area (Å²) >= 11 is 0. The summed E-state index contributed by atoms with van der Waals surface area (Å²) in [6.45, 7) is 7.43. The lowest BCUT2D eigenvalue weighted by Gasteiger charge is -2.18. The molecule has 0 radical (unpaired) electrons. The Bertz CT molecular complexity index is 1390. The van der Waals surface area contributed by atoms with Crippen LogP contribution in [-0.4, -0.2) is 37.9 Å². The van der Waals surface area contributed by atoms with Gasteiger partial charge in [0.2, 0.25) is 0 Å². The van der Waals surface area contributed by atoms with Crippen LogP contribution in [0.4, 0.5) is 0 Å². The number of hydrogen-bond donors (Lipinski definition) is 0. The minimum Gasteiger partial charge on any atom is -0.462 e. The second kappa shape index (κ2) is 57.6. The maximum Gasteiger partial charge on any atom is 0.306 e. The van der Waals surface area contributed by atoms with E-state index >= 15 is 0 Å². The molecule has 0 amide bonds. The number of esters is 2. The molecule has 0 aliphatic carbocycles. The highest BCUT2D eigenvalue weighted by Gasteiger charge is 2.17. The molecular formula is C63H104O5. The SMILES string of the molecule is CC/C=C\C/C=C\C/C=C\C/C=C\CCCCCCCOCC(COC(=O)CCCCCCCCC/C=C\C/C=C\C/C=C\CC)OC(=O)CCCCCCCCC/C=C\C/C=C\C/C=C\CC. The predicted molar refractivity (Wildman–Crippen MR) is 297 cm³/mol. The van der Waals surface area contributed by atoms with Crippen molar-refractivity contribution in [3.05, 3.63) is 122 Å². The second-order valence-corrected chi connectivity index (χ2v) is 18.0. The molecule has 0 saturated heterocycles. The topological polar surface area (TPSA) is 61.8 Å². The van der Waals surface area contributed by atoms with Gasteiger partial charge in [0.1, 0.15) is 6.61 Å². The van der Waals surface area contributed by atoms with Crippen molar-refractivity contribution < 1.29 is 23.8 Å². The minimum atomic E-state index is -0.565. The van der Waals surface area contributed by atoms with Gasteiger partial charge in [-0.15, -0.1) is 0 Å². The van der Waals surface area contributed by atoms with E-state index < -0.39 is 6.10 Å². The number of allylic oxidation sites excluding steroid dienone is 20. The summed E-state index contributed by atoms with van der Waals surface area (Å²) in [6.07, 6.45) is 80.7. The molecule has 5 heteroatoms. The summed E-state index contributed by atoms with van der Waals surface area (Å²) in [6, 6.07) is 0. The Labute approximate surface area is 420 Å². The average molecular weight is 942 g/mol. The third kappa shape index (κ3) is 54.9. The Morgan fingerprint density at radius 2 is 0.618 bits per heavy atom. The van der Waals surface area contributed by atoms with E-state index in [-0.39, 0.29) is 25.2 Å². The molecule has 0 aromatic heterocycles. The fourth-order valence-corrected chi connectivity index (χ4v) is 7.41. The van der Waals surface area contributed by atoms with Crippen LogP contribution in [0.1, 0.15) is 239 Å². The molecule has 5 nitrogen and oxygen atoms in total. The predicted octanol–water partition coefficient (Wildman–Crippen LogP) is 19.3. The molecule has 0 rings (SSSR count). The van der Waals surface area contributed by atoms with E-state index in [0.29, 0.717) is 19.4 Å². The summed E-state index contributed by atoms with van der Waals surface area (Å²) < 4.78 is 17.4. The van der Waals surface area contributed by atoms with Crippen LogP contribution in [0.3, 0.4) is 0 Å². The van der Waals surface area contributed by atoms with Gasteiger partial charge in [-0.05, 0) is 122 Å². The molecule has 68 heavy (non-hydrogen) atoms. The zero-order valence-electron chi connectivity index (χ0n) is 44.3. The first-order chi connectivity index (χ1) is 33.6. The van der Waals surface area contributed by atoms with Gasteiger partial charge in [0.25, 0.3) is 0 Å². The van der Waals surface area contributed by atoms with Crippen LogP contribution < -0.4 is 0 Å². The largest absolute Gasteiger partial charge is 0.462 e. The normalized spacial score (nSPS) is 13.2. The minimum absolute atomic E-state index is 0.0610. The fraction of sp³-hybridized carbons (Fsp3) is 0.651. The Balaban J connectivity index is 4.37. The molecule has 0 heterocycles. The molecule has 386 valence electrons. The van der Waals surface area contributed by atoms with Crippen molar-refractivity contribution in [2.75, 3.05) is 19.8 Å². The Hall–Kier alpha value is -3.70. The van der Waals surface area contributed by atoms with Gasteiger partial charge in [-0.25, -0.2) is 0 Å². The fourth-order valence-electron chi connectivity index (χ4n) is 7.41. The van der Waals surface area contributed by atoms with Crippen LogP contribution in [0.5, 0.6) is 0 Å². The van der Waals surface area contributed by atoms with E-state index in [1.165, 1.54) is 70.6 Å². The molecule has 0 spiro atoms. The smallest absolute Gasteiger partial charge is 0.306 e. The first-order valence-corrected chi connectivity index (χ1v) is 28.1. The summed E-state index contributed by atoms with van der Waals surface area (Å²) in [5.74, 6) is -0.434. The van der Waals surface area contributed by atoms with Crippen LogP contribution >= 0.6 is 0 Å². The highest BCUT2D eigenvalue weighted by molar-refractivity contribution is 5.70. The van der Waals surface area contributed by atoms with E-state index in [2.05, 4.69) is 142 Å². The van der Waals surface area contributed by atoms with Gasteiger partial charge in [0, 0.05) is 19.4 Å². The van der Waals surface area contributed by atoms with E-state index in [0.717, 1.165) is 135 Å². The Morgan fingerprint density at radius 1 is 0.324 bits per heavy atom. The zero-order valence-corrected chi connectivity index (χ0v) is 44.3. The molecule has 0 bridgehead atoms. The van der Waals surface area contributed by atoms with Gasteiger partial charge >= 0.3 is 11.9 Å². The lowest BCUT2D eigenvalue weighted by atomic mass is 10.1. The first kappa shape index (κ1) is 64.3. The average Bonchev–Trinajstić information content (AvgIpc) is 3.34. The molecule has 0 N–H and O–H groups in total. The Morgan fingerprint density at radius 3 is 0.985 bits per heavy atom. The highest BCUT2D eigenvalue weighted by Crippen LogP contribution is 2.14. The summed E-state index contributed by atoms with van der Waals surface area (Å²) in [5.41, 5.74) is 0. The number of hydrogen-bond acceptors (Lipinski definition) is 5. The maximum atomic E-state index is 12.9. The molecule has 0 aliphatic rings. The maximum absolute atomic E-state index is 12.9. The van der Waals surface area contributed by atoms with Crippen LogP contribution in [-0.2, 0) is 23.8 Å². The monoisotopic (exact) mass is 941 g/mol. The number of unbranched alkanes of at least 4 members (excludes halogenated alkanes) is 19. The lowest BCUT2D eigenvalue weighted by molar-refractivity contribution is -0.163. The summed E-state index contributed by atoms with van der Waals surface area (Å²) in [7, 11) is 0. The van der Waals surface area contributed by atoms with Crippen molar-refractivity contribution in [2.24, 2.45) is 0 Å². The van der Waals surface area contributed by atoms with Crippen LogP contribution in [0.25, 0.3) is 0 Å². The molecule has 0 aliphatic heterocycles. The van der Waals surface area contributed by atoms with E-state index in [4.69, 9.17) is 14.2 Å². The number of carbonyl (C=O) groups is 2. The van der Waals surface area contributed by atoms with Crippen molar-refractivity contribution in [1.82, 2.24) is 0 Å². The summed E-state index contributed by atoms with van der Waals surface area (Å²) in [5, 5.41) is 0. The van der Waals surface area contributed by atoms with Crippen molar-refractivity contribution in [3.8, 4) is 0 Å². The number of carbonyl (C=O) groups excluding carboxylic acids is 2. The van der Waals surface area contributed by atoms with Gasteiger partial charge in [0.05, 0.1) is 6.61 Å². The lowest BCUT2D eigenvalue weighted by Crippen LogP contribution is -2.30. The van der Waals surface area contributed by atoms with Crippen molar-refractivity contribution in [3.63, 3.8) is 0 Å². The third-order valence-corrected chi connectivity index (χ3v) is 11.5. The van der Waals surface area contributed by atoms with Gasteiger partial charge < -0.3 is 14.2 Å². The van der Waals surface area contributed by atoms with E-state index in [1.807, 2.05) is 0 Å². The molecule has 0 aromatic rings. The Kier molecular flexibility index (Phi) is 54.5. The molecule has 0 aromatic carbocycles. The van der Waals surface area contributed by atoms with Crippen molar-refractivity contribution in [1.29, 1.82) is 0 Å². The van der Waals surface area contributed by atoms with Gasteiger partial charge in [-0.3, -0.25) is 9.59 Å². The summed E-state index contributed by atoms with van der Waals surface area (Å²) in [4.78, 5) is 25.5. The van der Waals surface area contributed by atoms with E-state index in [9.17, 15) is 9.59 Å². The third-order valence-electron chi connectivity index (χ3n) is 11.5. The second-order valence-electron chi connectivity index (χ2n) is 18.0. The van der Waals surface area contributed by atoms with E-state index in [1.54, 1.807) is 0 Å². The first-order valence-electron chi connectivity index (χ1n) is 28.1. The van der Waals surface area contributed by atoms with Crippen LogP contribution in [0, 0.1) is 0 Å². The molecule has 0 saturated carbocycles. The molecule has 1 unspecified atom stereocenters.